The molecule has 1 saturated heterocycles. The lowest BCUT2D eigenvalue weighted by Crippen LogP contribution is -2.53. The minimum Gasteiger partial charge on any atom is -0.372 e. The van der Waals surface area contributed by atoms with Crippen molar-refractivity contribution in [1.29, 1.82) is 0 Å². The van der Waals surface area contributed by atoms with Gasteiger partial charge in [-0.15, -0.1) is 0 Å². The van der Waals surface area contributed by atoms with Crippen molar-refractivity contribution in [2.45, 2.75) is 45.8 Å². The maximum absolute atomic E-state index is 11.6. The van der Waals surface area contributed by atoms with Gasteiger partial charge in [0.25, 0.3) is 0 Å². The van der Waals surface area contributed by atoms with E-state index in [0.717, 1.165) is 6.54 Å². The van der Waals surface area contributed by atoms with Gasteiger partial charge >= 0.3 is 0 Å². The third-order valence-corrected chi connectivity index (χ3v) is 3.54. The van der Waals surface area contributed by atoms with Gasteiger partial charge in [-0.05, 0) is 31.7 Å². The van der Waals surface area contributed by atoms with Crippen molar-refractivity contribution >= 4 is 5.91 Å². The van der Waals surface area contributed by atoms with Gasteiger partial charge in [-0.3, -0.25) is 4.79 Å². The molecule has 0 aromatic rings. The Hall–Kier alpha value is -0.610. The van der Waals surface area contributed by atoms with Crippen LogP contribution in [0.4, 0.5) is 0 Å². The third-order valence-electron chi connectivity index (χ3n) is 3.54. The van der Waals surface area contributed by atoms with Crippen LogP contribution < -0.4 is 10.6 Å². The molecule has 0 aliphatic carbocycles. The normalized spacial score (nSPS) is 26.1. The van der Waals surface area contributed by atoms with Gasteiger partial charge in [0.15, 0.2) is 0 Å². The zero-order valence-corrected chi connectivity index (χ0v) is 10.8. The Labute approximate surface area is 98.1 Å². The van der Waals surface area contributed by atoms with Crippen molar-refractivity contribution in [2.75, 3.05) is 20.2 Å². The van der Waals surface area contributed by atoms with Gasteiger partial charge in [-0.25, -0.2) is 0 Å². The van der Waals surface area contributed by atoms with Crippen LogP contribution in [-0.4, -0.2) is 38.3 Å². The predicted molar refractivity (Wildman–Crippen MR) is 64.3 cm³/mol. The van der Waals surface area contributed by atoms with Crippen LogP contribution in [-0.2, 0) is 9.53 Å². The molecule has 0 saturated carbocycles. The molecule has 4 nitrogen and oxygen atoms in total. The van der Waals surface area contributed by atoms with Gasteiger partial charge in [-0.2, -0.15) is 0 Å². The first-order valence-electron chi connectivity index (χ1n) is 6.01. The molecule has 4 heteroatoms. The molecule has 0 spiro atoms. The lowest BCUT2D eigenvalue weighted by molar-refractivity contribution is -0.130. The maximum atomic E-state index is 11.6. The minimum absolute atomic E-state index is 0.0364. The number of hydrogen-bond acceptors (Lipinski definition) is 3. The second-order valence-corrected chi connectivity index (χ2v) is 5.22. The zero-order chi connectivity index (χ0) is 12.2. The Morgan fingerprint density at radius 3 is 2.88 bits per heavy atom. The van der Waals surface area contributed by atoms with E-state index in [1.807, 2.05) is 0 Å². The van der Waals surface area contributed by atoms with Crippen LogP contribution in [0.5, 0.6) is 0 Å². The smallest absolute Gasteiger partial charge is 0.248 e. The summed E-state index contributed by atoms with van der Waals surface area (Å²) in [5.74, 6) is -0.0364. The molecule has 16 heavy (non-hydrogen) atoms. The fraction of sp³-hybridized carbons (Fsp3) is 0.917. The Morgan fingerprint density at radius 1 is 1.62 bits per heavy atom. The molecule has 1 amide bonds. The van der Waals surface area contributed by atoms with Gasteiger partial charge < -0.3 is 15.4 Å². The molecule has 1 aliphatic heterocycles. The van der Waals surface area contributed by atoms with E-state index in [0.29, 0.717) is 12.6 Å². The fourth-order valence-electron chi connectivity index (χ4n) is 2.07. The molecule has 2 atom stereocenters. The van der Waals surface area contributed by atoms with Gasteiger partial charge in [0.2, 0.25) is 5.91 Å². The molecule has 1 rings (SSSR count). The van der Waals surface area contributed by atoms with Crippen LogP contribution >= 0.6 is 0 Å². The maximum Gasteiger partial charge on any atom is 0.248 e. The number of piperidine rings is 1. The minimum atomic E-state index is -0.369. The van der Waals surface area contributed by atoms with Crippen molar-refractivity contribution in [3.8, 4) is 0 Å². The quantitative estimate of drug-likeness (QED) is 0.752. The van der Waals surface area contributed by atoms with Gasteiger partial charge in [0.05, 0.1) is 0 Å². The summed E-state index contributed by atoms with van der Waals surface area (Å²) in [5.41, 5.74) is 0.252. The molecule has 1 heterocycles. The summed E-state index contributed by atoms with van der Waals surface area (Å²) in [6.07, 6.45) is 2.05. The summed E-state index contributed by atoms with van der Waals surface area (Å²) in [7, 11) is 1.55. The highest BCUT2D eigenvalue weighted by Crippen LogP contribution is 2.29. The molecule has 0 aromatic carbocycles. The summed E-state index contributed by atoms with van der Waals surface area (Å²) in [5, 5.41) is 6.40. The Kier molecular flexibility index (Phi) is 4.74. The zero-order valence-electron chi connectivity index (χ0n) is 10.8. The molecular weight excluding hydrogens is 204 g/mol. The van der Waals surface area contributed by atoms with Crippen molar-refractivity contribution < 1.29 is 9.53 Å². The number of carbonyl (C=O) groups is 1. The van der Waals surface area contributed by atoms with Gasteiger partial charge in [-0.1, -0.05) is 13.8 Å². The second-order valence-electron chi connectivity index (χ2n) is 5.22. The second kappa shape index (κ2) is 5.64. The molecular formula is C12H24N2O2. The molecule has 0 bridgehead atoms. The molecule has 2 unspecified atom stereocenters. The molecule has 0 radical (unpaired) electrons. The molecule has 94 valence electrons. The van der Waals surface area contributed by atoms with Crippen LogP contribution in [0.3, 0.4) is 0 Å². The number of nitrogens with one attached hydrogen (secondary N) is 2. The fourth-order valence-corrected chi connectivity index (χ4v) is 2.07. The lowest BCUT2D eigenvalue weighted by Gasteiger charge is -2.39. The summed E-state index contributed by atoms with van der Waals surface area (Å²) < 4.78 is 4.97. The van der Waals surface area contributed by atoms with Crippen molar-refractivity contribution in [3.05, 3.63) is 0 Å². The van der Waals surface area contributed by atoms with E-state index in [2.05, 4.69) is 24.5 Å². The highest BCUT2D eigenvalue weighted by atomic mass is 16.5. The van der Waals surface area contributed by atoms with Crippen molar-refractivity contribution in [3.63, 3.8) is 0 Å². The SMILES string of the molecule is COC(C)C(=O)NCC1NCCCC1(C)C. The number of ether oxygens (including phenoxy) is 1. The van der Waals surface area contributed by atoms with E-state index >= 15 is 0 Å². The summed E-state index contributed by atoms with van der Waals surface area (Å²) in [6.45, 7) is 7.98. The van der Waals surface area contributed by atoms with E-state index in [1.165, 1.54) is 12.8 Å². The number of methoxy groups -OCH3 is 1. The molecule has 0 aromatic heterocycles. The summed E-state index contributed by atoms with van der Waals surface area (Å²) in [6, 6.07) is 0.356. The van der Waals surface area contributed by atoms with Crippen LogP contribution in [0.2, 0.25) is 0 Å². The first-order chi connectivity index (χ1) is 7.47. The van der Waals surface area contributed by atoms with E-state index in [9.17, 15) is 4.79 Å². The summed E-state index contributed by atoms with van der Waals surface area (Å²) in [4.78, 5) is 11.6. The first kappa shape index (κ1) is 13.5. The summed E-state index contributed by atoms with van der Waals surface area (Å²) >= 11 is 0. The average molecular weight is 228 g/mol. The average Bonchev–Trinajstić information content (AvgIpc) is 2.25. The van der Waals surface area contributed by atoms with E-state index in [4.69, 9.17) is 4.74 Å². The standard InChI is InChI=1S/C12H24N2O2/c1-9(16-4)11(15)14-8-10-12(2,3)6-5-7-13-10/h9-10,13H,5-8H2,1-4H3,(H,14,15). The van der Waals surface area contributed by atoms with E-state index in [1.54, 1.807) is 14.0 Å². The monoisotopic (exact) mass is 228 g/mol. The number of amides is 1. The van der Waals surface area contributed by atoms with Gasteiger partial charge in [0, 0.05) is 19.7 Å². The highest BCUT2D eigenvalue weighted by molar-refractivity contribution is 5.80. The molecule has 1 fully saturated rings. The lowest BCUT2D eigenvalue weighted by atomic mass is 9.77. The van der Waals surface area contributed by atoms with Crippen LogP contribution in [0.1, 0.15) is 33.6 Å². The predicted octanol–water partition coefficient (Wildman–Crippen LogP) is 0.916. The van der Waals surface area contributed by atoms with E-state index < -0.39 is 0 Å². The largest absolute Gasteiger partial charge is 0.372 e. The van der Waals surface area contributed by atoms with Crippen LogP contribution in [0.15, 0.2) is 0 Å². The van der Waals surface area contributed by atoms with Crippen LogP contribution in [0, 0.1) is 5.41 Å². The highest BCUT2D eigenvalue weighted by Gasteiger charge is 2.32. The molecule has 2 N–H and O–H groups in total. The number of carbonyl (C=O) groups excluding carboxylic acids is 1. The Bertz CT molecular complexity index is 241. The Balaban J connectivity index is 2.39. The third kappa shape index (κ3) is 3.46. The number of hydrogen-bond donors (Lipinski definition) is 2. The number of rotatable bonds is 4. The van der Waals surface area contributed by atoms with Crippen molar-refractivity contribution in [1.82, 2.24) is 10.6 Å². The molecule has 1 aliphatic rings. The van der Waals surface area contributed by atoms with Gasteiger partial charge in [0.1, 0.15) is 6.10 Å². The van der Waals surface area contributed by atoms with E-state index in [-0.39, 0.29) is 17.4 Å². The van der Waals surface area contributed by atoms with Crippen molar-refractivity contribution in [2.24, 2.45) is 5.41 Å². The Morgan fingerprint density at radius 2 is 2.31 bits per heavy atom. The first-order valence-corrected chi connectivity index (χ1v) is 6.01. The topological polar surface area (TPSA) is 50.4 Å². The van der Waals surface area contributed by atoms with Crippen LogP contribution in [0.25, 0.3) is 0 Å².